The van der Waals surface area contributed by atoms with Gasteiger partial charge in [-0.3, -0.25) is 9.80 Å². The smallest absolute Gasteiger partial charge is 0.123 e. The SMILES string of the molecule is Fc1ccc(CN2C[C@@H]3OCCN(C[C@H]4CCCO4)[C@@H]3C2)cc1. The average Bonchev–Trinajstić information content (AvgIpc) is 3.19. The van der Waals surface area contributed by atoms with Crippen molar-refractivity contribution in [2.75, 3.05) is 39.4 Å². The summed E-state index contributed by atoms with van der Waals surface area (Å²) < 4.78 is 24.8. The van der Waals surface area contributed by atoms with Crippen LogP contribution < -0.4 is 0 Å². The zero-order valence-electron chi connectivity index (χ0n) is 13.5. The van der Waals surface area contributed by atoms with Crippen molar-refractivity contribution in [2.24, 2.45) is 0 Å². The normalized spacial score (nSPS) is 32.3. The highest BCUT2D eigenvalue weighted by Gasteiger charge is 2.40. The average molecular weight is 320 g/mol. The molecule has 4 rings (SSSR count). The van der Waals surface area contributed by atoms with E-state index in [2.05, 4.69) is 9.80 Å². The summed E-state index contributed by atoms with van der Waals surface area (Å²) in [7, 11) is 0. The minimum Gasteiger partial charge on any atom is -0.377 e. The molecule has 0 N–H and O–H groups in total. The van der Waals surface area contributed by atoms with Crippen LogP contribution in [0.3, 0.4) is 0 Å². The zero-order chi connectivity index (χ0) is 15.6. The molecule has 1 aromatic rings. The van der Waals surface area contributed by atoms with Crippen molar-refractivity contribution in [3.05, 3.63) is 35.6 Å². The van der Waals surface area contributed by atoms with Crippen molar-refractivity contribution in [2.45, 2.75) is 37.6 Å². The predicted molar refractivity (Wildman–Crippen MR) is 85.8 cm³/mol. The maximum atomic E-state index is 13.0. The van der Waals surface area contributed by atoms with Crippen LogP contribution in [0.2, 0.25) is 0 Å². The quantitative estimate of drug-likeness (QED) is 0.846. The minimum absolute atomic E-state index is 0.171. The van der Waals surface area contributed by atoms with Crippen LogP contribution in [0.5, 0.6) is 0 Å². The van der Waals surface area contributed by atoms with Gasteiger partial charge in [0.15, 0.2) is 0 Å². The maximum absolute atomic E-state index is 13.0. The molecular weight excluding hydrogens is 295 g/mol. The number of hydrogen-bond donors (Lipinski definition) is 0. The molecule has 3 fully saturated rings. The monoisotopic (exact) mass is 320 g/mol. The van der Waals surface area contributed by atoms with Gasteiger partial charge in [0.05, 0.1) is 18.8 Å². The van der Waals surface area contributed by atoms with Gasteiger partial charge in [-0.15, -0.1) is 0 Å². The van der Waals surface area contributed by atoms with Gasteiger partial charge in [-0.2, -0.15) is 0 Å². The molecule has 0 bridgehead atoms. The second kappa shape index (κ2) is 6.85. The first-order chi connectivity index (χ1) is 11.3. The van der Waals surface area contributed by atoms with E-state index in [1.807, 2.05) is 12.1 Å². The third-order valence-corrected chi connectivity index (χ3v) is 5.27. The maximum Gasteiger partial charge on any atom is 0.123 e. The van der Waals surface area contributed by atoms with E-state index in [9.17, 15) is 4.39 Å². The van der Waals surface area contributed by atoms with Crippen LogP contribution in [0.1, 0.15) is 18.4 Å². The molecule has 0 spiro atoms. The third kappa shape index (κ3) is 3.58. The van der Waals surface area contributed by atoms with Crippen molar-refractivity contribution in [1.29, 1.82) is 0 Å². The van der Waals surface area contributed by atoms with E-state index < -0.39 is 0 Å². The molecule has 3 saturated heterocycles. The first-order valence-electron chi connectivity index (χ1n) is 8.72. The molecule has 0 aliphatic carbocycles. The van der Waals surface area contributed by atoms with Gasteiger partial charge in [0.1, 0.15) is 5.82 Å². The summed E-state index contributed by atoms with van der Waals surface area (Å²) in [6, 6.07) is 7.30. The largest absolute Gasteiger partial charge is 0.377 e. The lowest BCUT2D eigenvalue weighted by atomic mass is 10.1. The van der Waals surface area contributed by atoms with E-state index in [1.54, 1.807) is 12.1 Å². The Morgan fingerprint density at radius 3 is 2.74 bits per heavy atom. The molecule has 3 heterocycles. The van der Waals surface area contributed by atoms with Gasteiger partial charge >= 0.3 is 0 Å². The Morgan fingerprint density at radius 1 is 1.09 bits per heavy atom. The Hall–Kier alpha value is -1.01. The fraction of sp³-hybridized carbons (Fsp3) is 0.667. The molecule has 0 amide bonds. The molecule has 0 radical (unpaired) electrons. The van der Waals surface area contributed by atoms with E-state index in [4.69, 9.17) is 9.47 Å². The number of nitrogens with zero attached hydrogens (tertiary/aromatic N) is 2. The van der Waals surface area contributed by atoms with Crippen molar-refractivity contribution in [3.63, 3.8) is 0 Å². The second-order valence-electron chi connectivity index (χ2n) is 6.93. The Balaban J connectivity index is 1.37. The van der Waals surface area contributed by atoms with E-state index in [0.29, 0.717) is 18.2 Å². The fourth-order valence-corrected chi connectivity index (χ4v) is 4.09. The van der Waals surface area contributed by atoms with Crippen LogP contribution in [-0.4, -0.2) is 67.4 Å². The number of halogens is 1. The van der Waals surface area contributed by atoms with E-state index in [0.717, 1.165) is 51.5 Å². The number of hydrogen-bond acceptors (Lipinski definition) is 4. The molecule has 23 heavy (non-hydrogen) atoms. The number of morpholine rings is 1. The highest BCUT2D eigenvalue weighted by atomic mass is 19.1. The standard InChI is InChI=1S/C18H25FN2O2/c19-15-5-3-14(4-6-15)10-20-12-17-18(13-20)23-9-7-21(17)11-16-2-1-8-22-16/h3-6,16-18H,1-2,7-13H2/t16-,17-,18+/m1/s1. The molecule has 0 unspecified atom stereocenters. The van der Waals surface area contributed by atoms with Crippen LogP contribution in [0.25, 0.3) is 0 Å². The van der Waals surface area contributed by atoms with Crippen LogP contribution in [0.15, 0.2) is 24.3 Å². The molecule has 5 heteroatoms. The van der Waals surface area contributed by atoms with Gasteiger partial charge in [0.25, 0.3) is 0 Å². The van der Waals surface area contributed by atoms with Crippen molar-refractivity contribution in [3.8, 4) is 0 Å². The summed E-state index contributed by atoms with van der Waals surface area (Å²) in [4.78, 5) is 4.99. The zero-order valence-corrected chi connectivity index (χ0v) is 13.5. The molecular formula is C18H25FN2O2. The van der Waals surface area contributed by atoms with Gasteiger partial charge in [-0.25, -0.2) is 4.39 Å². The summed E-state index contributed by atoms with van der Waals surface area (Å²) >= 11 is 0. The molecule has 3 aliphatic rings. The summed E-state index contributed by atoms with van der Waals surface area (Å²) in [6.07, 6.45) is 3.08. The van der Waals surface area contributed by atoms with Crippen LogP contribution in [0.4, 0.5) is 4.39 Å². The lowest BCUT2D eigenvalue weighted by Gasteiger charge is -2.38. The summed E-state index contributed by atoms with van der Waals surface area (Å²) in [5.74, 6) is -0.171. The number of benzene rings is 1. The first kappa shape index (κ1) is 15.5. The predicted octanol–water partition coefficient (Wildman–Crippen LogP) is 1.89. The third-order valence-electron chi connectivity index (χ3n) is 5.27. The molecule has 0 saturated carbocycles. The number of rotatable bonds is 4. The fourth-order valence-electron chi connectivity index (χ4n) is 4.09. The molecule has 3 atom stereocenters. The second-order valence-corrected chi connectivity index (χ2v) is 6.93. The minimum atomic E-state index is -0.171. The topological polar surface area (TPSA) is 24.9 Å². The van der Waals surface area contributed by atoms with Crippen molar-refractivity contribution < 1.29 is 13.9 Å². The van der Waals surface area contributed by atoms with Gasteiger partial charge in [-0.1, -0.05) is 12.1 Å². The highest BCUT2D eigenvalue weighted by Crippen LogP contribution is 2.26. The van der Waals surface area contributed by atoms with Gasteiger partial charge in [0.2, 0.25) is 0 Å². The van der Waals surface area contributed by atoms with Gasteiger partial charge < -0.3 is 9.47 Å². The molecule has 3 aliphatic heterocycles. The van der Waals surface area contributed by atoms with Crippen LogP contribution in [0, 0.1) is 5.82 Å². The van der Waals surface area contributed by atoms with E-state index in [-0.39, 0.29) is 5.82 Å². The summed E-state index contributed by atoms with van der Waals surface area (Å²) in [5, 5.41) is 0. The molecule has 0 aromatic heterocycles. The highest BCUT2D eigenvalue weighted by molar-refractivity contribution is 5.16. The van der Waals surface area contributed by atoms with Crippen LogP contribution in [-0.2, 0) is 16.0 Å². The Kier molecular flexibility index (Phi) is 4.62. The first-order valence-corrected chi connectivity index (χ1v) is 8.72. The molecule has 4 nitrogen and oxygen atoms in total. The van der Waals surface area contributed by atoms with E-state index >= 15 is 0 Å². The molecule has 126 valence electrons. The lowest BCUT2D eigenvalue weighted by molar-refractivity contribution is -0.0615. The number of fused-ring (bicyclic) bond motifs is 1. The Bertz CT molecular complexity index is 518. The number of likely N-dealkylation sites (tertiary alicyclic amines) is 1. The Morgan fingerprint density at radius 2 is 1.96 bits per heavy atom. The summed E-state index contributed by atoms with van der Waals surface area (Å²) in [5.41, 5.74) is 1.16. The Labute approximate surface area is 137 Å². The number of ether oxygens (including phenoxy) is 2. The summed E-state index contributed by atoms with van der Waals surface area (Å²) in [6.45, 7) is 6.63. The van der Waals surface area contributed by atoms with Gasteiger partial charge in [0, 0.05) is 45.4 Å². The van der Waals surface area contributed by atoms with E-state index in [1.165, 1.54) is 12.8 Å². The molecule has 1 aromatic carbocycles. The van der Waals surface area contributed by atoms with Crippen LogP contribution >= 0.6 is 0 Å². The lowest BCUT2D eigenvalue weighted by Crippen LogP contribution is -2.52. The van der Waals surface area contributed by atoms with Crippen molar-refractivity contribution >= 4 is 0 Å². The van der Waals surface area contributed by atoms with Gasteiger partial charge in [-0.05, 0) is 30.5 Å². The van der Waals surface area contributed by atoms with Crippen molar-refractivity contribution in [1.82, 2.24) is 9.80 Å².